The molecule has 0 fully saturated rings. The van der Waals surface area contributed by atoms with Crippen molar-refractivity contribution in [3.63, 3.8) is 0 Å². The van der Waals surface area contributed by atoms with Crippen molar-refractivity contribution in [2.75, 3.05) is 5.32 Å². The van der Waals surface area contributed by atoms with Gasteiger partial charge in [-0.05, 0) is 42.8 Å². The first-order valence-electron chi connectivity index (χ1n) is 7.34. The second kappa shape index (κ2) is 6.54. The molecule has 0 bridgehead atoms. The molecule has 0 saturated heterocycles. The van der Waals surface area contributed by atoms with Gasteiger partial charge >= 0.3 is 0 Å². The summed E-state index contributed by atoms with van der Waals surface area (Å²) in [5, 5.41) is 2.61. The van der Waals surface area contributed by atoms with Crippen LogP contribution in [0.15, 0.2) is 63.9 Å². The van der Waals surface area contributed by atoms with E-state index < -0.39 is 11.7 Å². The van der Waals surface area contributed by atoms with Crippen molar-refractivity contribution in [3.8, 4) is 0 Å². The molecular weight excluding hydrogens is 311 g/mol. The van der Waals surface area contributed by atoms with E-state index in [1.165, 1.54) is 28.8 Å². The summed E-state index contributed by atoms with van der Waals surface area (Å²) in [6.45, 7) is 2.00. The Morgan fingerprint density at radius 3 is 2.83 bits per heavy atom. The van der Waals surface area contributed by atoms with E-state index in [0.29, 0.717) is 11.4 Å². The lowest BCUT2D eigenvalue weighted by atomic mass is 10.2. The molecule has 1 aromatic carbocycles. The Balaban J connectivity index is 1.75. The van der Waals surface area contributed by atoms with Crippen LogP contribution in [0.1, 0.15) is 21.9 Å². The van der Waals surface area contributed by atoms with Crippen molar-refractivity contribution in [2.24, 2.45) is 0 Å². The molecule has 0 radical (unpaired) electrons. The molecule has 0 aliphatic rings. The van der Waals surface area contributed by atoms with Gasteiger partial charge in [-0.25, -0.2) is 4.39 Å². The van der Waals surface area contributed by atoms with E-state index >= 15 is 0 Å². The molecule has 0 atom stereocenters. The van der Waals surface area contributed by atoms with Crippen molar-refractivity contribution < 1.29 is 13.6 Å². The molecule has 0 spiro atoms. The van der Waals surface area contributed by atoms with Crippen LogP contribution in [-0.4, -0.2) is 10.5 Å². The molecule has 0 saturated carbocycles. The first kappa shape index (κ1) is 15.7. The highest BCUT2D eigenvalue weighted by molar-refractivity contribution is 6.02. The van der Waals surface area contributed by atoms with Gasteiger partial charge in [0, 0.05) is 18.0 Å². The number of amides is 1. The van der Waals surface area contributed by atoms with Crippen LogP contribution in [0.5, 0.6) is 0 Å². The molecule has 0 aliphatic heterocycles. The number of hydrogen-bond donors (Lipinski definition) is 1. The fourth-order valence-corrected chi connectivity index (χ4v) is 2.26. The van der Waals surface area contributed by atoms with Crippen molar-refractivity contribution >= 4 is 11.6 Å². The fourth-order valence-electron chi connectivity index (χ4n) is 2.26. The third-order valence-electron chi connectivity index (χ3n) is 3.56. The van der Waals surface area contributed by atoms with Crippen LogP contribution in [0.4, 0.5) is 10.1 Å². The number of aromatic nitrogens is 1. The zero-order valence-electron chi connectivity index (χ0n) is 13.0. The molecule has 0 aliphatic carbocycles. The topological polar surface area (TPSA) is 64.2 Å². The van der Waals surface area contributed by atoms with Crippen molar-refractivity contribution in [1.82, 2.24) is 4.57 Å². The Kier molecular flexibility index (Phi) is 4.29. The second-order valence-electron chi connectivity index (χ2n) is 5.35. The maximum atomic E-state index is 13.3. The number of aryl methyl sites for hydroxylation is 1. The van der Waals surface area contributed by atoms with Crippen LogP contribution in [0.25, 0.3) is 0 Å². The van der Waals surface area contributed by atoms with E-state index in [1.54, 1.807) is 37.4 Å². The average Bonchev–Trinajstić information content (AvgIpc) is 3.02. The largest absolute Gasteiger partial charge is 0.454 e. The molecule has 1 amide bonds. The van der Waals surface area contributed by atoms with Gasteiger partial charge in [-0.15, -0.1) is 0 Å². The molecule has 0 unspecified atom stereocenters. The predicted molar refractivity (Wildman–Crippen MR) is 87.6 cm³/mol. The zero-order valence-corrected chi connectivity index (χ0v) is 13.0. The minimum Gasteiger partial charge on any atom is -0.454 e. The SMILES string of the molecule is Cc1ccc(F)cc1NC(=O)c1ccc(Cn2ccccc2=O)o1. The number of rotatable bonds is 4. The van der Waals surface area contributed by atoms with Crippen LogP contribution in [0.3, 0.4) is 0 Å². The van der Waals surface area contributed by atoms with Crippen LogP contribution in [-0.2, 0) is 6.54 Å². The zero-order chi connectivity index (χ0) is 17.1. The summed E-state index contributed by atoms with van der Waals surface area (Å²) in [5.74, 6) is -0.336. The van der Waals surface area contributed by atoms with E-state index in [2.05, 4.69) is 5.32 Å². The molecule has 6 heteroatoms. The van der Waals surface area contributed by atoms with Gasteiger partial charge in [0.2, 0.25) is 0 Å². The summed E-state index contributed by atoms with van der Waals surface area (Å²) in [5.41, 5.74) is 0.972. The Morgan fingerprint density at radius 2 is 2.04 bits per heavy atom. The monoisotopic (exact) mass is 326 g/mol. The maximum Gasteiger partial charge on any atom is 0.291 e. The normalized spacial score (nSPS) is 10.6. The number of carbonyl (C=O) groups excluding carboxylic acids is 1. The Hall–Kier alpha value is -3.15. The number of benzene rings is 1. The summed E-state index contributed by atoms with van der Waals surface area (Å²) in [7, 11) is 0. The molecular formula is C18H15FN2O3. The minimum absolute atomic E-state index is 0.0950. The van der Waals surface area contributed by atoms with Gasteiger partial charge in [-0.3, -0.25) is 9.59 Å². The van der Waals surface area contributed by atoms with Crippen molar-refractivity contribution in [3.05, 3.63) is 88.0 Å². The number of hydrogen-bond acceptors (Lipinski definition) is 3. The molecule has 5 nitrogen and oxygen atoms in total. The van der Waals surface area contributed by atoms with Crippen LogP contribution in [0, 0.1) is 12.7 Å². The van der Waals surface area contributed by atoms with E-state index in [1.807, 2.05) is 0 Å². The average molecular weight is 326 g/mol. The van der Waals surface area contributed by atoms with Crippen LogP contribution >= 0.6 is 0 Å². The third-order valence-corrected chi connectivity index (χ3v) is 3.56. The Morgan fingerprint density at radius 1 is 1.21 bits per heavy atom. The smallest absolute Gasteiger partial charge is 0.291 e. The van der Waals surface area contributed by atoms with Crippen molar-refractivity contribution in [1.29, 1.82) is 0 Å². The number of nitrogens with zero attached hydrogens (tertiary/aromatic N) is 1. The lowest BCUT2D eigenvalue weighted by Crippen LogP contribution is -2.18. The van der Waals surface area contributed by atoms with E-state index in [0.717, 1.165) is 5.56 Å². The highest BCUT2D eigenvalue weighted by Crippen LogP contribution is 2.18. The first-order chi connectivity index (χ1) is 11.5. The summed E-state index contributed by atoms with van der Waals surface area (Å²) in [4.78, 5) is 23.9. The Bertz CT molecular complexity index is 943. The summed E-state index contributed by atoms with van der Waals surface area (Å²) in [6, 6.07) is 12.2. The minimum atomic E-state index is -0.477. The molecule has 3 rings (SSSR count). The number of nitrogens with one attached hydrogen (secondary N) is 1. The molecule has 2 heterocycles. The number of pyridine rings is 1. The van der Waals surface area contributed by atoms with Gasteiger partial charge in [0.15, 0.2) is 5.76 Å². The van der Waals surface area contributed by atoms with Gasteiger partial charge in [0.25, 0.3) is 11.5 Å². The van der Waals surface area contributed by atoms with Crippen molar-refractivity contribution in [2.45, 2.75) is 13.5 Å². The van der Waals surface area contributed by atoms with E-state index in [9.17, 15) is 14.0 Å². The highest BCUT2D eigenvalue weighted by Gasteiger charge is 2.13. The number of halogens is 1. The van der Waals surface area contributed by atoms with Gasteiger partial charge in [0.05, 0.1) is 6.54 Å². The highest BCUT2D eigenvalue weighted by atomic mass is 19.1. The van der Waals surface area contributed by atoms with Crippen LogP contribution < -0.4 is 10.9 Å². The van der Waals surface area contributed by atoms with E-state index in [4.69, 9.17) is 4.42 Å². The maximum absolute atomic E-state index is 13.3. The van der Waals surface area contributed by atoms with Gasteiger partial charge < -0.3 is 14.3 Å². The summed E-state index contributed by atoms with van der Waals surface area (Å²) >= 11 is 0. The van der Waals surface area contributed by atoms with E-state index in [-0.39, 0.29) is 17.9 Å². The first-order valence-corrected chi connectivity index (χ1v) is 7.34. The number of anilines is 1. The van der Waals surface area contributed by atoms with Gasteiger partial charge in [-0.2, -0.15) is 0 Å². The fraction of sp³-hybridized carbons (Fsp3) is 0.111. The summed E-state index contributed by atoms with van der Waals surface area (Å²) < 4.78 is 20.2. The Labute approximate surface area is 137 Å². The lowest BCUT2D eigenvalue weighted by molar-refractivity contribution is 0.0994. The van der Waals surface area contributed by atoms with Gasteiger partial charge in [-0.1, -0.05) is 12.1 Å². The molecule has 24 heavy (non-hydrogen) atoms. The standard InChI is InChI=1S/C18H15FN2O3/c1-12-5-6-13(19)10-15(12)20-18(23)16-8-7-14(24-16)11-21-9-3-2-4-17(21)22/h2-10H,11H2,1H3,(H,20,23). The third kappa shape index (κ3) is 3.43. The predicted octanol–water partition coefficient (Wildman–Crippen LogP) is 3.19. The van der Waals surface area contributed by atoms with Gasteiger partial charge in [0.1, 0.15) is 11.6 Å². The number of furan rings is 1. The lowest BCUT2D eigenvalue weighted by Gasteiger charge is -2.07. The second-order valence-corrected chi connectivity index (χ2v) is 5.35. The molecule has 1 N–H and O–H groups in total. The molecule has 2 aromatic heterocycles. The number of carbonyl (C=O) groups is 1. The molecule has 122 valence electrons. The summed E-state index contributed by atoms with van der Waals surface area (Å²) in [6.07, 6.45) is 1.64. The van der Waals surface area contributed by atoms with Crippen LogP contribution in [0.2, 0.25) is 0 Å². The molecule has 3 aromatic rings. The quantitative estimate of drug-likeness (QED) is 0.801.